The van der Waals surface area contributed by atoms with Gasteiger partial charge in [0.1, 0.15) is 11.6 Å². The number of hydrogen-bond donors (Lipinski definition) is 1. The average Bonchev–Trinajstić information content (AvgIpc) is 2.92. The summed E-state index contributed by atoms with van der Waals surface area (Å²) in [6.45, 7) is 3.65. The van der Waals surface area contributed by atoms with E-state index in [-0.39, 0.29) is 19.0 Å². The van der Waals surface area contributed by atoms with E-state index in [9.17, 15) is 9.90 Å². The van der Waals surface area contributed by atoms with Crippen molar-refractivity contribution in [3.8, 4) is 22.3 Å². The Morgan fingerprint density at radius 3 is 2.24 bits per heavy atom. The van der Waals surface area contributed by atoms with Gasteiger partial charge in [-0.05, 0) is 71.6 Å². The smallest absolute Gasteiger partial charge is 0.330 e. The van der Waals surface area contributed by atoms with Crippen LogP contribution in [-0.4, -0.2) is 24.3 Å². The summed E-state index contributed by atoms with van der Waals surface area (Å²) in [6.07, 6.45) is 8.66. The van der Waals surface area contributed by atoms with Gasteiger partial charge >= 0.3 is 5.97 Å². The molecule has 0 atom stereocenters. The van der Waals surface area contributed by atoms with Crippen molar-refractivity contribution in [2.75, 3.05) is 13.2 Å². The molecule has 194 valence electrons. The molecular formula is C32H34F2O3. The molecule has 5 heteroatoms. The third kappa shape index (κ3) is 6.72. The Morgan fingerprint density at radius 2 is 1.57 bits per heavy atom. The van der Waals surface area contributed by atoms with Crippen LogP contribution < -0.4 is 0 Å². The normalized spacial score (nSPS) is 13.9. The first-order chi connectivity index (χ1) is 18.0. The molecule has 37 heavy (non-hydrogen) atoms. The second-order valence-electron chi connectivity index (χ2n) is 9.70. The van der Waals surface area contributed by atoms with Crippen LogP contribution in [-0.2, 0) is 22.4 Å². The van der Waals surface area contributed by atoms with Gasteiger partial charge in [0.15, 0.2) is 0 Å². The van der Waals surface area contributed by atoms with Crippen molar-refractivity contribution < 1.29 is 23.4 Å². The molecule has 0 aromatic heterocycles. The summed E-state index contributed by atoms with van der Waals surface area (Å²) in [5.74, 6) is -0.833. The maximum absolute atomic E-state index is 15.3. The lowest BCUT2D eigenvalue weighted by atomic mass is 9.83. The van der Waals surface area contributed by atoms with Crippen molar-refractivity contribution in [2.45, 2.75) is 57.3 Å². The zero-order valence-corrected chi connectivity index (χ0v) is 21.1. The first-order valence-corrected chi connectivity index (χ1v) is 13.1. The maximum atomic E-state index is 15.3. The van der Waals surface area contributed by atoms with Crippen molar-refractivity contribution in [1.82, 2.24) is 0 Å². The van der Waals surface area contributed by atoms with Crippen LogP contribution in [0.25, 0.3) is 22.3 Å². The Morgan fingerprint density at radius 1 is 0.892 bits per heavy atom. The van der Waals surface area contributed by atoms with Gasteiger partial charge in [0.2, 0.25) is 0 Å². The summed E-state index contributed by atoms with van der Waals surface area (Å²) >= 11 is 0. The lowest BCUT2D eigenvalue weighted by molar-refractivity contribution is -0.137. The predicted octanol–water partition coefficient (Wildman–Crippen LogP) is 7.54. The number of aliphatic hydroxyl groups excluding tert-OH is 1. The summed E-state index contributed by atoms with van der Waals surface area (Å²) in [4.78, 5) is 11.4. The van der Waals surface area contributed by atoms with E-state index in [1.807, 2.05) is 24.3 Å². The van der Waals surface area contributed by atoms with Crippen molar-refractivity contribution >= 4 is 5.97 Å². The number of ether oxygens (including phenoxy) is 1. The Kier molecular flexibility index (Phi) is 9.24. The summed E-state index contributed by atoms with van der Waals surface area (Å²) in [5, 5.41) is 9.23. The van der Waals surface area contributed by atoms with Crippen molar-refractivity contribution in [1.29, 1.82) is 0 Å². The first kappa shape index (κ1) is 26.7. The molecule has 4 rings (SSSR count). The second-order valence-corrected chi connectivity index (χ2v) is 9.70. The molecule has 0 radical (unpaired) electrons. The van der Waals surface area contributed by atoms with Crippen LogP contribution >= 0.6 is 0 Å². The molecule has 1 fully saturated rings. The highest BCUT2D eigenvalue weighted by Gasteiger charge is 2.18. The number of carbonyl (C=O) groups excluding carboxylic acids is 1. The van der Waals surface area contributed by atoms with E-state index in [1.54, 1.807) is 24.3 Å². The van der Waals surface area contributed by atoms with Gasteiger partial charge in [-0.2, -0.15) is 0 Å². The third-order valence-corrected chi connectivity index (χ3v) is 7.25. The molecule has 1 aliphatic carbocycles. The molecule has 0 spiro atoms. The van der Waals surface area contributed by atoms with Crippen molar-refractivity contribution in [2.24, 2.45) is 0 Å². The molecule has 0 unspecified atom stereocenters. The minimum Gasteiger partial charge on any atom is -0.462 e. The summed E-state index contributed by atoms with van der Waals surface area (Å²) in [7, 11) is 0. The molecule has 1 aliphatic rings. The quantitative estimate of drug-likeness (QED) is 0.229. The lowest BCUT2D eigenvalue weighted by Crippen LogP contribution is -2.06. The van der Waals surface area contributed by atoms with E-state index in [0.29, 0.717) is 47.4 Å². The molecule has 0 amide bonds. The Labute approximate surface area is 217 Å². The Balaban J connectivity index is 1.57. The molecular weight excluding hydrogens is 470 g/mol. The summed E-state index contributed by atoms with van der Waals surface area (Å²) in [5.41, 5.74) is 4.99. The van der Waals surface area contributed by atoms with Crippen LogP contribution in [0.15, 0.2) is 67.3 Å². The fraction of sp³-hybridized carbons (Fsp3) is 0.344. The fourth-order valence-corrected chi connectivity index (χ4v) is 5.23. The van der Waals surface area contributed by atoms with Gasteiger partial charge in [0.25, 0.3) is 0 Å². The standard InChI is InChI=1S/C32H34F2O3/c1-2-32(36)37-18-16-25-19-26(11-10-23(25)9-6-17-35)28-15-13-27(21-31(28)34)29-14-12-24(20-30(29)33)22-7-4-3-5-8-22/h2,10-15,19-22,35H,1,3-9,16-18H2. The van der Waals surface area contributed by atoms with Gasteiger partial charge in [-0.3, -0.25) is 0 Å². The zero-order chi connectivity index (χ0) is 26.2. The molecule has 3 nitrogen and oxygen atoms in total. The zero-order valence-electron chi connectivity index (χ0n) is 21.1. The second kappa shape index (κ2) is 12.8. The predicted molar refractivity (Wildman–Crippen MR) is 143 cm³/mol. The van der Waals surface area contributed by atoms with Crippen molar-refractivity contribution in [3.63, 3.8) is 0 Å². The van der Waals surface area contributed by atoms with E-state index in [4.69, 9.17) is 4.74 Å². The van der Waals surface area contributed by atoms with Crippen LogP contribution in [0.5, 0.6) is 0 Å². The van der Waals surface area contributed by atoms with Gasteiger partial charge in [0, 0.05) is 30.2 Å². The highest BCUT2D eigenvalue weighted by Crippen LogP contribution is 2.36. The van der Waals surface area contributed by atoms with E-state index in [1.165, 1.54) is 25.3 Å². The molecule has 3 aromatic rings. The summed E-state index contributed by atoms with van der Waals surface area (Å²) < 4.78 is 35.5. The molecule has 0 saturated heterocycles. The van der Waals surface area contributed by atoms with Crippen molar-refractivity contribution in [3.05, 3.63) is 95.6 Å². The molecule has 0 bridgehead atoms. The SMILES string of the molecule is C=CC(=O)OCCc1cc(-c2ccc(-c3ccc(C4CCCCC4)cc3F)cc2F)ccc1CCCO. The van der Waals surface area contributed by atoms with Gasteiger partial charge < -0.3 is 9.84 Å². The largest absolute Gasteiger partial charge is 0.462 e. The molecule has 1 N–H and O–H groups in total. The van der Waals surface area contributed by atoms with Crippen LogP contribution in [0.2, 0.25) is 0 Å². The summed E-state index contributed by atoms with van der Waals surface area (Å²) in [6, 6.07) is 15.9. The fourth-order valence-electron chi connectivity index (χ4n) is 5.23. The minimum atomic E-state index is -0.492. The lowest BCUT2D eigenvalue weighted by Gasteiger charge is -2.22. The monoisotopic (exact) mass is 504 g/mol. The van der Waals surface area contributed by atoms with E-state index in [0.717, 1.165) is 35.6 Å². The number of rotatable bonds is 10. The van der Waals surface area contributed by atoms with Gasteiger partial charge in [-0.15, -0.1) is 0 Å². The third-order valence-electron chi connectivity index (χ3n) is 7.25. The van der Waals surface area contributed by atoms with Crippen LogP contribution in [0.1, 0.15) is 61.1 Å². The molecule has 0 aliphatic heterocycles. The highest BCUT2D eigenvalue weighted by molar-refractivity contribution is 5.81. The first-order valence-electron chi connectivity index (χ1n) is 13.1. The van der Waals surface area contributed by atoms with E-state index in [2.05, 4.69) is 6.58 Å². The maximum Gasteiger partial charge on any atom is 0.330 e. The average molecular weight is 505 g/mol. The molecule has 1 saturated carbocycles. The Hall–Kier alpha value is -3.31. The Bertz CT molecular complexity index is 1240. The number of hydrogen-bond acceptors (Lipinski definition) is 3. The van der Waals surface area contributed by atoms with Gasteiger partial charge in [0.05, 0.1) is 6.61 Å². The van der Waals surface area contributed by atoms with Crippen LogP contribution in [0.4, 0.5) is 8.78 Å². The number of carbonyl (C=O) groups is 1. The highest BCUT2D eigenvalue weighted by atomic mass is 19.1. The van der Waals surface area contributed by atoms with Crippen LogP contribution in [0, 0.1) is 11.6 Å². The van der Waals surface area contributed by atoms with Gasteiger partial charge in [-0.1, -0.05) is 68.3 Å². The number of esters is 1. The van der Waals surface area contributed by atoms with E-state index >= 15 is 8.78 Å². The number of halogens is 2. The molecule has 0 heterocycles. The number of aryl methyl sites for hydroxylation is 1. The van der Waals surface area contributed by atoms with E-state index < -0.39 is 11.8 Å². The van der Waals surface area contributed by atoms with Crippen LogP contribution in [0.3, 0.4) is 0 Å². The minimum absolute atomic E-state index is 0.0704. The number of aliphatic hydroxyl groups is 1. The molecule has 3 aromatic carbocycles. The van der Waals surface area contributed by atoms with Gasteiger partial charge in [-0.25, -0.2) is 13.6 Å². The topological polar surface area (TPSA) is 46.5 Å². The number of benzene rings is 3.